The number of rotatable bonds is 7. The molecular formula is C21H30N2O7S2. The van der Waals surface area contributed by atoms with Crippen LogP contribution in [0.2, 0.25) is 0 Å². The van der Waals surface area contributed by atoms with Gasteiger partial charge in [0.15, 0.2) is 6.10 Å². The standard InChI is InChI=1S/C21H30N2O7S2/c1-5-29-21(26)17-14-9-8-12(2)11-16(14)31-19(17)22-18(24)13(3)30-20(25)15-7-6-10-23(15)32(4,27)28/h12-13,15H,5-11H2,1-4H3,(H,22,24)/t12-,13+,15-/m1/s1. The van der Waals surface area contributed by atoms with Gasteiger partial charge in [-0.25, -0.2) is 13.2 Å². The van der Waals surface area contributed by atoms with Crippen molar-refractivity contribution in [3.05, 3.63) is 16.0 Å². The third-order valence-electron chi connectivity index (χ3n) is 5.79. The highest BCUT2D eigenvalue weighted by atomic mass is 32.2. The summed E-state index contributed by atoms with van der Waals surface area (Å²) in [4.78, 5) is 39.0. The van der Waals surface area contributed by atoms with Crippen LogP contribution in [0.3, 0.4) is 0 Å². The van der Waals surface area contributed by atoms with E-state index < -0.39 is 40.0 Å². The number of amides is 1. The number of hydrogen-bond donors (Lipinski definition) is 1. The maximum Gasteiger partial charge on any atom is 0.341 e. The Morgan fingerprint density at radius 1 is 1.28 bits per heavy atom. The fourth-order valence-electron chi connectivity index (χ4n) is 4.15. The maximum absolute atomic E-state index is 12.8. The summed E-state index contributed by atoms with van der Waals surface area (Å²) in [7, 11) is -3.55. The molecule has 1 aromatic rings. The summed E-state index contributed by atoms with van der Waals surface area (Å²) in [5.41, 5.74) is 1.30. The van der Waals surface area contributed by atoms with Crippen molar-refractivity contribution in [3.8, 4) is 0 Å². The lowest BCUT2D eigenvalue weighted by Gasteiger charge is -2.22. The molecule has 0 spiro atoms. The Balaban J connectivity index is 1.74. The highest BCUT2D eigenvalue weighted by Crippen LogP contribution is 2.40. The molecule has 2 aliphatic rings. The first-order valence-electron chi connectivity index (χ1n) is 10.8. The van der Waals surface area contributed by atoms with E-state index >= 15 is 0 Å². The average Bonchev–Trinajstić information content (AvgIpc) is 3.32. The molecular weight excluding hydrogens is 456 g/mol. The largest absolute Gasteiger partial charge is 0.462 e. The fraction of sp³-hybridized carbons (Fsp3) is 0.667. The summed E-state index contributed by atoms with van der Waals surface area (Å²) in [5.74, 6) is -1.32. The molecule has 1 aromatic heterocycles. The highest BCUT2D eigenvalue weighted by molar-refractivity contribution is 7.88. The van der Waals surface area contributed by atoms with E-state index in [-0.39, 0.29) is 13.2 Å². The minimum atomic E-state index is -3.55. The number of esters is 2. The van der Waals surface area contributed by atoms with Gasteiger partial charge in [-0.2, -0.15) is 4.31 Å². The zero-order chi connectivity index (χ0) is 23.6. The van der Waals surface area contributed by atoms with Gasteiger partial charge in [-0.3, -0.25) is 9.59 Å². The zero-order valence-corrected chi connectivity index (χ0v) is 20.4. The summed E-state index contributed by atoms with van der Waals surface area (Å²) in [6.45, 7) is 5.77. The van der Waals surface area contributed by atoms with Crippen LogP contribution in [0.15, 0.2) is 0 Å². The predicted molar refractivity (Wildman–Crippen MR) is 120 cm³/mol. The SMILES string of the molecule is CCOC(=O)c1c(NC(=O)[C@H](C)OC(=O)[C@H]2CCCN2S(C)(=O)=O)sc2c1CC[C@@H](C)C2. The molecule has 1 fully saturated rings. The van der Waals surface area contributed by atoms with Gasteiger partial charge in [0.2, 0.25) is 10.0 Å². The molecule has 0 radical (unpaired) electrons. The van der Waals surface area contributed by atoms with Crippen molar-refractivity contribution in [1.29, 1.82) is 0 Å². The molecule has 32 heavy (non-hydrogen) atoms. The topological polar surface area (TPSA) is 119 Å². The summed E-state index contributed by atoms with van der Waals surface area (Å²) in [6, 6.07) is -0.925. The molecule has 178 valence electrons. The molecule has 1 saturated heterocycles. The van der Waals surface area contributed by atoms with Crippen molar-refractivity contribution in [3.63, 3.8) is 0 Å². The molecule has 11 heteroatoms. The second-order valence-electron chi connectivity index (χ2n) is 8.38. The first kappa shape index (κ1) is 24.7. The maximum atomic E-state index is 12.8. The molecule has 1 aliphatic carbocycles. The molecule has 0 unspecified atom stereocenters. The van der Waals surface area contributed by atoms with Crippen LogP contribution in [0.25, 0.3) is 0 Å². The average molecular weight is 487 g/mol. The number of hydrogen-bond acceptors (Lipinski definition) is 8. The third kappa shape index (κ3) is 5.32. The highest BCUT2D eigenvalue weighted by Gasteiger charge is 2.39. The van der Waals surface area contributed by atoms with Crippen LogP contribution in [0.4, 0.5) is 5.00 Å². The van der Waals surface area contributed by atoms with Gasteiger partial charge in [0, 0.05) is 11.4 Å². The number of anilines is 1. The van der Waals surface area contributed by atoms with Gasteiger partial charge < -0.3 is 14.8 Å². The van der Waals surface area contributed by atoms with E-state index in [0.717, 1.165) is 40.3 Å². The zero-order valence-electron chi connectivity index (χ0n) is 18.8. The second kappa shape index (κ2) is 9.88. The number of nitrogens with zero attached hydrogens (tertiary/aromatic N) is 1. The van der Waals surface area contributed by atoms with E-state index in [1.54, 1.807) is 6.92 Å². The van der Waals surface area contributed by atoms with Crippen molar-refractivity contribution in [2.75, 3.05) is 24.7 Å². The quantitative estimate of drug-likeness (QED) is 0.588. The minimum absolute atomic E-state index is 0.222. The molecule has 1 aliphatic heterocycles. The van der Waals surface area contributed by atoms with Crippen LogP contribution < -0.4 is 5.32 Å². The van der Waals surface area contributed by atoms with Crippen LogP contribution >= 0.6 is 11.3 Å². The van der Waals surface area contributed by atoms with E-state index in [4.69, 9.17) is 9.47 Å². The van der Waals surface area contributed by atoms with E-state index in [1.807, 2.05) is 0 Å². The van der Waals surface area contributed by atoms with Crippen LogP contribution in [0.5, 0.6) is 0 Å². The monoisotopic (exact) mass is 486 g/mol. The number of nitrogens with one attached hydrogen (secondary N) is 1. The Labute approximate surface area is 192 Å². The molecule has 1 amide bonds. The van der Waals surface area contributed by atoms with Crippen molar-refractivity contribution >= 4 is 44.2 Å². The van der Waals surface area contributed by atoms with Gasteiger partial charge >= 0.3 is 11.9 Å². The van der Waals surface area contributed by atoms with Crippen molar-refractivity contribution in [1.82, 2.24) is 4.31 Å². The number of fused-ring (bicyclic) bond motifs is 1. The van der Waals surface area contributed by atoms with Crippen LogP contribution in [-0.2, 0) is 41.9 Å². The van der Waals surface area contributed by atoms with E-state index in [0.29, 0.717) is 29.3 Å². The molecule has 3 rings (SSSR count). The summed E-state index contributed by atoms with van der Waals surface area (Å²) < 4.78 is 35.4. The lowest BCUT2D eigenvalue weighted by Crippen LogP contribution is -2.43. The molecule has 0 aromatic carbocycles. The van der Waals surface area contributed by atoms with E-state index in [2.05, 4.69) is 12.2 Å². The van der Waals surface area contributed by atoms with Gasteiger partial charge in [0.05, 0.1) is 18.4 Å². The number of thiophene rings is 1. The van der Waals surface area contributed by atoms with Gasteiger partial charge in [-0.15, -0.1) is 11.3 Å². The van der Waals surface area contributed by atoms with Crippen molar-refractivity contribution < 1.29 is 32.3 Å². The van der Waals surface area contributed by atoms with E-state index in [1.165, 1.54) is 18.3 Å². The Morgan fingerprint density at radius 3 is 2.66 bits per heavy atom. The van der Waals surface area contributed by atoms with E-state index in [9.17, 15) is 22.8 Å². The molecule has 9 nitrogen and oxygen atoms in total. The summed E-state index contributed by atoms with van der Waals surface area (Å²) in [6.07, 6.45) is 3.32. The predicted octanol–water partition coefficient (Wildman–Crippen LogP) is 2.34. The van der Waals surface area contributed by atoms with Gasteiger partial charge in [-0.1, -0.05) is 6.92 Å². The molecule has 1 N–H and O–H groups in total. The van der Waals surface area contributed by atoms with Crippen molar-refractivity contribution in [2.24, 2.45) is 5.92 Å². The normalized spacial score (nSPS) is 22.1. The van der Waals surface area contributed by atoms with Gasteiger partial charge in [0.1, 0.15) is 11.0 Å². The smallest absolute Gasteiger partial charge is 0.341 e. The first-order chi connectivity index (χ1) is 15.0. The minimum Gasteiger partial charge on any atom is -0.462 e. The number of sulfonamides is 1. The number of carbonyl (C=O) groups is 3. The lowest BCUT2D eigenvalue weighted by molar-refractivity contribution is -0.156. The number of ether oxygens (including phenoxy) is 2. The van der Waals surface area contributed by atoms with Crippen LogP contribution in [0.1, 0.15) is 60.8 Å². The van der Waals surface area contributed by atoms with Crippen molar-refractivity contribution in [2.45, 2.75) is 65.0 Å². The summed E-state index contributed by atoms with van der Waals surface area (Å²) in [5, 5.41) is 3.13. The molecule has 3 atom stereocenters. The van der Waals surface area contributed by atoms with Gasteiger partial charge in [0.25, 0.3) is 5.91 Å². The summed E-state index contributed by atoms with van der Waals surface area (Å²) >= 11 is 1.35. The first-order valence-corrected chi connectivity index (χ1v) is 13.5. The Bertz CT molecular complexity index is 1000. The molecule has 0 bridgehead atoms. The number of carbonyl (C=O) groups excluding carboxylic acids is 3. The fourth-order valence-corrected chi connectivity index (χ4v) is 6.67. The lowest BCUT2D eigenvalue weighted by atomic mass is 9.88. The Hall–Kier alpha value is -1.98. The Morgan fingerprint density at radius 2 is 2.00 bits per heavy atom. The van der Waals surface area contributed by atoms with Crippen LogP contribution in [-0.4, -0.2) is 62.1 Å². The van der Waals surface area contributed by atoms with Gasteiger partial charge in [-0.05, 0) is 57.4 Å². The molecule has 2 heterocycles. The van der Waals surface area contributed by atoms with Crippen LogP contribution in [0, 0.1) is 5.92 Å². The second-order valence-corrected chi connectivity index (χ2v) is 11.4. The Kier molecular flexibility index (Phi) is 7.61. The molecule has 0 saturated carbocycles. The third-order valence-corrected chi connectivity index (χ3v) is 8.25.